The summed E-state index contributed by atoms with van der Waals surface area (Å²) in [7, 11) is 0. The molecule has 146 valence electrons. The van der Waals surface area contributed by atoms with E-state index in [4.69, 9.17) is 17.3 Å². The number of nitrogens with two attached hydrogens (primary N) is 1. The molecule has 3 heteroatoms. The fourth-order valence-electron chi connectivity index (χ4n) is 3.25. The van der Waals surface area contributed by atoms with Gasteiger partial charge in [-0.15, -0.1) is 0 Å². The van der Waals surface area contributed by atoms with Crippen molar-refractivity contribution < 1.29 is 4.39 Å². The Labute approximate surface area is 171 Å². The quantitative estimate of drug-likeness (QED) is 0.325. The first kappa shape index (κ1) is 21.7. The molecule has 0 fully saturated rings. The van der Waals surface area contributed by atoms with Gasteiger partial charge in [0.05, 0.1) is 5.02 Å². The SMILES string of the molecule is CC.CCc1cccc2cccc(C)c12.Nc1cccc2ccc(Cl)c(F)c12. The fourth-order valence-corrected chi connectivity index (χ4v) is 3.41. The van der Waals surface area contributed by atoms with Crippen LogP contribution in [-0.2, 0) is 6.42 Å². The summed E-state index contributed by atoms with van der Waals surface area (Å²) in [6.07, 6.45) is 1.11. The van der Waals surface area contributed by atoms with Gasteiger partial charge in [-0.05, 0) is 52.8 Å². The summed E-state index contributed by atoms with van der Waals surface area (Å²) in [6, 6.07) is 21.5. The lowest BCUT2D eigenvalue weighted by Gasteiger charge is -2.06. The van der Waals surface area contributed by atoms with E-state index in [9.17, 15) is 4.39 Å². The maximum absolute atomic E-state index is 13.4. The minimum atomic E-state index is -0.447. The van der Waals surface area contributed by atoms with Crippen molar-refractivity contribution in [3.05, 3.63) is 88.7 Å². The van der Waals surface area contributed by atoms with Gasteiger partial charge in [0.15, 0.2) is 5.82 Å². The standard InChI is InChI=1S/C13H14.C10H7ClFN.C2H6/c1-3-11-7-5-9-12-8-4-6-10(2)13(11)12;11-7-5-4-6-2-1-3-8(13)9(6)10(7)12;1-2/h4-9H,3H2,1-2H3;1-5H,13H2;1-2H3. The van der Waals surface area contributed by atoms with Crippen LogP contribution in [0.1, 0.15) is 31.9 Å². The number of hydrogen-bond acceptors (Lipinski definition) is 1. The van der Waals surface area contributed by atoms with Crippen LogP contribution in [0.4, 0.5) is 10.1 Å². The Morgan fingerprint density at radius 2 is 1.39 bits per heavy atom. The number of benzene rings is 4. The maximum Gasteiger partial charge on any atom is 0.151 e. The molecule has 0 radical (unpaired) electrons. The molecule has 0 aliphatic heterocycles. The monoisotopic (exact) mass is 395 g/mol. The normalized spacial score (nSPS) is 10.1. The van der Waals surface area contributed by atoms with E-state index in [0.717, 1.165) is 11.8 Å². The van der Waals surface area contributed by atoms with Gasteiger partial charge in [-0.25, -0.2) is 4.39 Å². The van der Waals surface area contributed by atoms with Crippen molar-refractivity contribution in [1.82, 2.24) is 0 Å². The summed E-state index contributed by atoms with van der Waals surface area (Å²) in [5, 5.41) is 4.06. The fraction of sp³-hybridized carbons (Fsp3) is 0.200. The molecule has 0 aliphatic carbocycles. The first-order chi connectivity index (χ1) is 13.5. The Kier molecular flexibility index (Phi) is 7.83. The van der Waals surface area contributed by atoms with Crippen LogP contribution >= 0.6 is 11.6 Å². The van der Waals surface area contributed by atoms with Gasteiger partial charge in [-0.2, -0.15) is 0 Å². The molecule has 0 bridgehead atoms. The lowest BCUT2D eigenvalue weighted by Crippen LogP contribution is -1.89. The van der Waals surface area contributed by atoms with E-state index in [0.29, 0.717) is 11.1 Å². The summed E-state index contributed by atoms with van der Waals surface area (Å²) in [4.78, 5) is 0. The Morgan fingerprint density at radius 3 is 2.04 bits per heavy atom. The number of hydrogen-bond donors (Lipinski definition) is 1. The van der Waals surface area contributed by atoms with E-state index in [2.05, 4.69) is 50.2 Å². The third-order valence-electron chi connectivity index (χ3n) is 4.55. The van der Waals surface area contributed by atoms with E-state index < -0.39 is 5.82 Å². The number of nitrogen functional groups attached to an aromatic ring is 1. The zero-order chi connectivity index (χ0) is 20.7. The topological polar surface area (TPSA) is 26.0 Å². The summed E-state index contributed by atoms with van der Waals surface area (Å²) in [5.41, 5.74) is 8.88. The molecule has 0 atom stereocenters. The van der Waals surface area contributed by atoms with E-state index in [1.165, 1.54) is 28.0 Å². The number of rotatable bonds is 1. The molecule has 0 spiro atoms. The molecular formula is C25H27ClFN. The number of fused-ring (bicyclic) bond motifs is 2. The second-order valence-electron chi connectivity index (χ2n) is 6.25. The van der Waals surface area contributed by atoms with Gasteiger partial charge in [-0.1, -0.05) is 87.0 Å². The van der Waals surface area contributed by atoms with Crippen LogP contribution in [0.3, 0.4) is 0 Å². The summed E-state index contributed by atoms with van der Waals surface area (Å²) in [5.74, 6) is -0.447. The molecule has 0 aromatic heterocycles. The van der Waals surface area contributed by atoms with Gasteiger partial charge in [0, 0.05) is 11.1 Å². The van der Waals surface area contributed by atoms with Crippen molar-refractivity contribution in [1.29, 1.82) is 0 Å². The molecular weight excluding hydrogens is 369 g/mol. The molecule has 4 aromatic carbocycles. The molecule has 28 heavy (non-hydrogen) atoms. The zero-order valence-electron chi connectivity index (χ0n) is 16.9. The van der Waals surface area contributed by atoms with Crippen molar-refractivity contribution in [2.75, 3.05) is 5.73 Å². The van der Waals surface area contributed by atoms with Crippen LogP contribution in [0.15, 0.2) is 66.7 Å². The van der Waals surface area contributed by atoms with Crippen LogP contribution in [-0.4, -0.2) is 0 Å². The third-order valence-corrected chi connectivity index (χ3v) is 4.84. The number of anilines is 1. The first-order valence-corrected chi connectivity index (χ1v) is 10.00. The molecule has 0 unspecified atom stereocenters. The highest BCUT2D eigenvalue weighted by molar-refractivity contribution is 6.31. The minimum Gasteiger partial charge on any atom is -0.398 e. The molecule has 0 saturated heterocycles. The molecule has 1 nitrogen and oxygen atoms in total. The second-order valence-corrected chi connectivity index (χ2v) is 6.66. The summed E-state index contributed by atoms with van der Waals surface area (Å²) in [6.45, 7) is 8.39. The van der Waals surface area contributed by atoms with E-state index in [1.54, 1.807) is 24.3 Å². The zero-order valence-corrected chi connectivity index (χ0v) is 17.6. The predicted octanol–water partition coefficient (Wildman–Crippen LogP) is 7.95. The summed E-state index contributed by atoms with van der Waals surface area (Å²) >= 11 is 5.63. The largest absolute Gasteiger partial charge is 0.398 e. The minimum absolute atomic E-state index is 0.102. The van der Waals surface area contributed by atoms with Gasteiger partial charge in [-0.3, -0.25) is 0 Å². The highest BCUT2D eigenvalue weighted by Gasteiger charge is 2.07. The number of halogens is 2. The summed E-state index contributed by atoms with van der Waals surface area (Å²) < 4.78 is 13.4. The average molecular weight is 396 g/mol. The second kappa shape index (κ2) is 10.1. The highest BCUT2D eigenvalue weighted by Crippen LogP contribution is 2.28. The predicted molar refractivity (Wildman–Crippen MR) is 123 cm³/mol. The van der Waals surface area contributed by atoms with E-state index >= 15 is 0 Å². The first-order valence-electron chi connectivity index (χ1n) is 9.62. The lowest BCUT2D eigenvalue weighted by molar-refractivity contribution is 0.640. The Hall–Kier alpha value is -2.58. The Morgan fingerprint density at radius 1 is 0.821 bits per heavy atom. The molecule has 2 N–H and O–H groups in total. The van der Waals surface area contributed by atoms with Crippen LogP contribution < -0.4 is 5.73 Å². The van der Waals surface area contributed by atoms with Crippen molar-refractivity contribution in [2.24, 2.45) is 0 Å². The molecule has 4 aromatic rings. The van der Waals surface area contributed by atoms with Crippen molar-refractivity contribution >= 4 is 38.8 Å². The van der Waals surface area contributed by atoms with Crippen LogP contribution in [0.2, 0.25) is 5.02 Å². The van der Waals surface area contributed by atoms with Crippen molar-refractivity contribution in [2.45, 2.75) is 34.1 Å². The van der Waals surface area contributed by atoms with E-state index in [1.807, 2.05) is 13.8 Å². The van der Waals surface area contributed by atoms with Gasteiger partial charge in [0.25, 0.3) is 0 Å². The third kappa shape index (κ3) is 4.63. The molecule has 0 saturated carbocycles. The van der Waals surface area contributed by atoms with Gasteiger partial charge < -0.3 is 5.73 Å². The molecule has 0 heterocycles. The lowest BCUT2D eigenvalue weighted by atomic mass is 9.99. The molecule has 0 aliphatic rings. The van der Waals surface area contributed by atoms with Gasteiger partial charge in [0.2, 0.25) is 0 Å². The van der Waals surface area contributed by atoms with E-state index in [-0.39, 0.29) is 5.02 Å². The van der Waals surface area contributed by atoms with Crippen LogP contribution in [0, 0.1) is 12.7 Å². The smallest absolute Gasteiger partial charge is 0.151 e. The maximum atomic E-state index is 13.4. The Balaban J connectivity index is 0.000000184. The molecule has 0 amide bonds. The van der Waals surface area contributed by atoms with Gasteiger partial charge in [0.1, 0.15) is 0 Å². The van der Waals surface area contributed by atoms with Crippen molar-refractivity contribution in [3.63, 3.8) is 0 Å². The van der Waals surface area contributed by atoms with Crippen LogP contribution in [0.5, 0.6) is 0 Å². The van der Waals surface area contributed by atoms with Gasteiger partial charge >= 0.3 is 0 Å². The molecule has 4 rings (SSSR count). The average Bonchev–Trinajstić information content (AvgIpc) is 2.72. The highest BCUT2D eigenvalue weighted by atomic mass is 35.5. The van der Waals surface area contributed by atoms with Crippen molar-refractivity contribution in [3.8, 4) is 0 Å². The number of aryl methyl sites for hydroxylation is 2. The Bertz CT molecular complexity index is 1070. The van der Waals surface area contributed by atoms with Crippen LogP contribution in [0.25, 0.3) is 21.5 Å².